The maximum Gasteiger partial charge on any atom is 0.433 e. The summed E-state index contributed by atoms with van der Waals surface area (Å²) in [5.41, 5.74) is -1.03. The van der Waals surface area contributed by atoms with Crippen LogP contribution in [0.3, 0.4) is 0 Å². The summed E-state index contributed by atoms with van der Waals surface area (Å²) in [4.78, 5) is 18.6. The fourth-order valence-corrected chi connectivity index (χ4v) is 1.87. The number of carbonyl (C=O) groups is 1. The Morgan fingerprint density at radius 1 is 1.05 bits per heavy atom. The van der Waals surface area contributed by atoms with Crippen LogP contribution in [0, 0.1) is 0 Å². The van der Waals surface area contributed by atoms with Crippen LogP contribution in [0.5, 0.6) is 0 Å². The molecule has 0 bridgehead atoms. The van der Waals surface area contributed by atoms with Crippen LogP contribution >= 0.6 is 23.2 Å². The van der Waals surface area contributed by atoms with Gasteiger partial charge < -0.3 is 10.6 Å². The minimum Gasteiger partial charge on any atom is -0.308 e. The number of halogens is 5. The van der Waals surface area contributed by atoms with Gasteiger partial charge in [0.1, 0.15) is 16.0 Å². The van der Waals surface area contributed by atoms with Crippen molar-refractivity contribution in [2.75, 3.05) is 10.6 Å². The van der Waals surface area contributed by atoms with Crippen LogP contribution in [-0.4, -0.2) is 16.0 Å². The average molecular weight is 351 g/mol. The van der Waals surface area contributed by atoms with E-state index in [1.165, 1.54) is 18.3 Å². The lowest BCUT2D eigenvalue weighted by atomic mass is 10.3. The minimum absolute atomic E-state index is 0.148. The molecule has 0 aliphatic rings. The van der Waals surface area contributed by atoms with Gasteiger partial charge in [-0.05, 0) is 24.3 Å². The van der Waals surface area contributed by atoms with Gasteiger partial charge in [-0.1, -0.05) is 23.2 Å². The van der Waals surface area contributed by atoms with Crippen LogP contribution < -0.4 is 10.6 Å². The van der Waals surface area contributed by atoms with Crippen LogP contribution in [0.4, 0.5) is 29.3 Å². The highest BCUT2D eigenvalue weighted by molar-refractivity contribution is 6.30. The summed E-state index contributed by atoms with van der Waals surface area (Å²) in [5.74, 6) is 0. The third-order valence-corrected chi connectivity index (χ3v) is 2.73. The van der Waals surface area contributed by atoms with Gasteiger partial charge in [-0.3, -0.25) is 0 Å². The summed E-state index contributed by atoms with van der Waals surface area (Å²) in [6.45, 7) is 0. The number of urea groups is 1. The van der Waals surface area contributed by atoms with Gasteiger partial charge in [0, 0.05) is 17.6 Å². The van der Waals surface area contributed by atoms with Crippen LogP contribution in [0.15, 0.2) is 30.5 Å². The fraction of sp³-hybridized carbons (Fsp3) is 0.0833. The second kappa shape index (κ2) is 6.37. The Kier molecular flexibility index (Phi) is 4.72. The fourth-order valence-electron chi connectivity index (χ4n) is 1.49. The van der Waals surface area contributed by atoms with Crippen molar-refractivity contribution < 1.29 is 18.0 Å². The number of anilines is 2. The van der Waals surface area contributed by atoms with Crippen molar-refractivity contribution in [3.8, 4) is 0 Å². The second-order valence-electron chi connectivity index (χ2n) is 4.01. The van der Waals surface area contributed by atoms with Gasteiger partial charge in [-0.25, -0.2) is 14.8 Å². The van der Waals surface area contributed by atoms with Crippen molar-refractivity contribution >= 4 is 40.6 Å². The highest BCUT2D eigenvalue weighted by atomic mass is 35.5. The van der Waals surface area contributed by atoms with Crippen molar-refractivity contribution in [1.82, 2.24) is 9.97 Å². The molecule has 0 radical (unpaired) electrons. The number of rotatable bonds is 2. The SMILES string of the molecule is O=C(Nc1ccnc(Cl)c1)Nc1cc(Cl)nc(C(F)(F)F)c1. The summed E-state index contributed by atoms with van der Waals surface area (Å²) in [6.07, 6.45) is -3.31. The minimum atomic E-state index is -4.67. The Balaban J connectivity index is 2.13. The Labute approximate surface area is 132 Å². The summed E-state index contributed by atoms with van der Waals surface area (Å²) < 4.78 is 37.8. The predicted octanol–water partition coefficient (Wildman–Crippen LogP) is 4.45. The number of hydrogen-bond acceptors (Lipinski definition) is 3. The van der Waals surface area contributed by atoms with E-state index in [0.29, 0.717) is 11.8 Å². The Hall–Kier alpha value is -2.06. The smallest absolute Gasteiger partial charge is 0.308 e. The quantitative estimate of drug-likeness (QED) is 0.786. The summed E-state index contributed by atoms with van der Waals surface area (Å²) in [5, 5.41) is 4.38. The molecule has 0 aliphatic heterocycles. The molecule has 0 unspecified atom stereocenters. The van der Waals surface area contributed by atoms with Gasteiger partial charge in [0.05, 0.1) is 0 Å². The molecule has 2 amide bonds. The molecule has 2 aromatic rings. The standard InChI is InChI=1S/C12H7Cl2F3N4O/c13-9-4-6(1-2-18-9)19-11(22)20-7-3-8(12(15,16)17)21-10(14)5-7/h1-5H,(H2,18,19,20,21,22). The first-order chi connectivity index (χ1) is 10.2. The number of nitrogens with one attached hydrogen (secondary N) is 2. The molecule has 0 fully saturated rings. The van der Waals surface area contributed by atoms with Crippen LogP contribution in [-0.2, 0) is 6.18 Å². The number of pyridine rings is 2. The second-order valence-corrected chi connectivity index (χ2v) is 4.78. The van der Waals surface area contributed by atoms with E-state index in [2.05, 4.69) is 20.6 Å². The number of amides is 2. The zero-order chi connectivity index (χ0) is 16.3. The summed E-state index contributed by atoms with van der Waals surface area (Å²) >= 11 is 11.2. The number of carbonyl (C=O) groups excluding carboxylic acids is 1. The highest BCUT2D eigenvalue weighted by Gasteiger charge is 2.33. The Morgan fingerprint density at radius 3 is 2.32 bits per heavy atom. The first-order valence-electron chi connectivity index (χ1n) is 5.68. The van der Waals surface area contributed by atoms with E-state index in [4.69, 9.17) is 23.2 Å². The molecule has 0 spiro atoms. The van der Waals surface area contributed by atoms with E-state index in [-0.39, 0.29) is 10.8 Å². The molecule has 0 saturated heterocycles. The zero-order valence-electron chi connectivity index (χ0n) is 10.6. The van der Waals surface area contributed by atoms with Crippen molar-refractivity contribution in [1.29, 1.82) is 0 Å². The molecule has 10 heteroatoms. The van der Waals surface area contributed by atoms with Gasteiger partial charge in [-0.15, -0.1) is 0 Å². The summed E-state index contributed by atoms with van der Waals surface area (Å²) in [7, 11) is 0. The third kappa shape index (κ3) is 4.47. The summed E-state index contributed by atoms with van der Waals surface area (Å²) in [6, 6.07) is 3.84. The largest absolute Gasteiger partial charge is 0.433 e. The van der Waals surface area contributed by atoms with Gasteiger partial charge >= 0.3 is 12.2 Å². The maximum absolute atomic E-state index is 12.6. The first-order valence-corrected chi connectivity index (χ1v) is 6.44. The normalized spacial score (nSPS) is 11.1. The van der Waals surface area contributed by atoms with Gasteiger partial charge in [0.25, 0.3) is 0 Å². The Bertz CT molecular complexity index is 709. The molecular weight excluding hydrogens is 344 g/mol. The number of alkyl halides is 3. The van der Waals surface area contributed by atoms with Gasteiger partial charge in [0.15, 0.2) is 0 Å². The third-order valence-electron chi connectivity index (χ3n) is 2.33. The Morgan fingerprint density at radius 2 is 1.68 bits per heavy atom. The molecule has 2 aromatic heterocycles. The topological polar surface area (TPSA) is 66.9 Å². The van der Waals surface area contributed by atoms with E-state index >= 15 is 0 Å². The van der Waals surface area contributed by atoms with Crippen molar-refractivity contribution in [3.63, 3.8) is 0 Å². The number of nitrogens with zero attached hydrogens (tertiary/aromatic N) is 2. The number of aromatic nitrogens is 2. The molecule has 2 rings (SSSR count). The molecule has 0 aromatic carbocycles. The van der Waals surface area contributed by atoms with E-state index in [1.54, 1.807) is 0 Å². The van der Waals surface area contributed by atoms with Crippen molar-refractivity contribution in [3.05, 3.63) is 46.5 Å². The molecule has 0 saturated carbocycles. The van der Waals surface area contributed by atoms with Crippen molar-refractivity contribution in [2.24, 2.45) is 0 Å². The van der Waals surface area contributed by atoms with Gasteiger partial charge in [-0.2, -0.15) is 13.2 Å². The van der Waals surface area contributed by atoms with E-state index in [9.17, 15) is 18.0 Å². The van der Waals surface area contributed by atoms with Crippen LogP contribution in [0.1, 0.15) is 5.69 Å². The first kappa shape index (κ1) is 16.3. The molecule has 0 atom stereocenters. The average Bonchev–Trinajstić information content (AvgIpc) is 2.36. The molecule has 0 aliphatic carbocycles. The molecule has 2 heterocycles. The predicted molar refractivity (Wildman–Crippen MR) is 76.1 cm³/mol. The number of hydrogen-bond donors (Lipinski definition) is 2. The van der Waals surface area contributed by atoms with E-state index in [0.717, 1.165) is 6.07 Å². The molecule has 5 nitrogen and oxygen atoms in total. The van der Waals surface area contributed by atoms with Gasteiger partial charge in [0.2, 0.25) is 0 Å². The lowest BCUT2D eigenvalue weighted by molar-refractivity contribution is -0.141. The lowest BCUT2D eigenvalue weighted by Crippen LogP contribution is -2.20. The molecular formula is C12H7Cl2F3N4O. The van der Waals surface area contributed by atoms with E-state index < -0.39 is 23.1 Å². The molecule has 22 heavy (non-hydrogen) atoms. The van der Waals surface area contributed by atoms with Crippen LogP contribution in [0.2, 0.25) is 10.3 Å². The monoisotopic (exact) mass is 350 g/mol. The zero-order valence-corrected chi connectivity index (χ0v) is 12.1. The molecule has 2 N–H and O–H groups in total. The van der Waals surface area contributed by atoms with E-state index in [1.807, 2.05) is 0 Å². The lowest BCUT2D eigenvalue weighted by Gasteiger charge is -2.11. The van der Waals surface area contributed by atoms with Crippen molar-refractivity contribution in [2.45, 2.75) is 6.18 Å². The maximum atomic E-state index is 12.6. The highest BCUT2D eigenvalue weighted by Crippen LogP contribution is 2.30. The molecule has 116 valence electrons. The van der Waals surface area contributed by atoms with Crippen LogP contribution in [0.25, 0.3) is 0 Å².